The molecule has 19 heavy (non-hydrogen) atoms. The lowest BCUT2D eigenvalue weighted by Gasteiger charge is -2.18. The summed E-state index contributed by atoms with van der Waals surface area (Å²) in [4.78, 5) is 8.95. The SMILES string of the molecule is CN(CCCNc1nccnc1C#N)CC(F)(F)F. The van der Waals surface area contributed by atoms with E-state index in [1.165, 1.54) is 24.3 Å². The summed E-state index contributed by atoms with van der Waals surface area (Å²) < 4.78 is 36.2. The van der Waals surface area contributed by atoms with Gasteiger partial charge in [-0.2, -0.15) is 18.4 Å². The van der Waals surface area contributed by atoms with Crippen molar-refractivity contribution in [2.75, 3.05) is 32.0 Å². The third-order valence-electron chi connectivity index (χ3n) is 2.26. The van der Waals surface area contributed by atoms with E-state index in [1.54, 1.807) is 0 Å². The van der Waals surface area contributed by atoms with Crippen LogP contribution in [0.2, 0.25) is 0 Å². The van der Waals surface area contributed by atoms with Gasteiger partial charge in [-0.15, -0.1) is 0 Å². The first-order valence-corrected chi connectivity index (χ1v) is 5.62. The number of rotatable bonds is 6. The highest BCUT2D eigenvalue weighted by Gasteiger charge is 2.28. The number of alkyl halides is 3. The Morgan fingerprint density at radius 3 is 2.68 bits per heavy atom. The first-order chi connectivity index (χ1) is 8.92. The highest BCUT2D eigenvalue weighted by atomic mass is 19.4. The van der Waals surface area contributed by atoms with Crippen LogP contribution in [-0.4, -0.2) is 47.7 Å². The molecule has 0 aliphatic carbocycles. The zero-order chi connectivity index (χ0) is 14.3. The minimum Gasteiger partial charge on any atom is -0.368 e. The lowest BCUT2D eigenvalue weighted by atomic mass is 10.3. The van der Waals surface area contributed by atoms with Gasteiger partial charge in [0.15, 0.2) is 11.5 Å². The molecule has 0 unspecified atom stereocenters. The van der Waals surface area contributed by atoms with Crippen molar-refractivity contribution in [3.05, 3.63) is 18.1 Å². The zero-order valence-corrected chi connectivity index (χ0v) is 10.4. The first kappa shape index (κ1) is 15.2. The fraction of sp³-hybridized carbons (Fsp3) is 0.545. The van der Waals surface area contributed by atoms with Crippen LogP contribution in [0.4, 0.5) is 19.0 Å². The van der Waals surface area contributed by atoms with Crippen molar-refractivity contribution in [2.45, 2.75) is 12.6 Å². The molecule has 1 rings (SSSR count). The molecule has 5 nitrogen and oxygen atoms in total. The summed E-state index contributed by atoms with van der Waals surface area (Å²) in [5.41, 5.74) is 0.172. The maximum Gasteiger partial charge on any atom is 0.401 e. The molecule has 0 aliphatic heterocycles. The Bertz CT molecular complexity index is 441. The van der Waals surface area contributed by atoms with Crippen molar-refractivity contribution in [2.24, 2.45) is 0 Å². The summed E-state index contributed by atoms with van der Waals surface area (Å²) in [7, 11) is 1.41. The molecule has 1 N–H and O–H groups in total. The van der Waals surface area contributed by atoms with Crippen LogP contribution >= 0.6 is 0 Å². The van der Waals surface area contributed by atoms with Gasteiger partial charge in [0.1, 0.15) is 6.07 Å². The molecular formula is C11H14F3N5. The topological polar surface area (TPSA) is 64.8 Å². The van der Waals surface area contributed by atoms with Crippen molar-refractivity contribution in [1.29, 1.82) is 5.26 Å². The van der Waals surface area contributed by atoms with Gasteiger partial charge in [-0.1, -0.05) is 0 Å². The van der Waals surface area contributed by atoms with Crippen molar-refractivity contribution < 1.29 is 13.2 Å². The van der Waals surface area contributed by atoms with Gasteiger partial charge in [-0.05, 0) is 20.0 Å². The number of hydrogen-bond acceptors (Lipinski definition) is 5. The van der Waals surface area contributed by atoms with Gasteiger partial charge in [-0.3, -0.25) is 4.90 Å². The minimum atomic E-state index is -4.18. The van der Waals surface area contributed by atoms with Gasteiger partial charge in [-0.25, -0.2) is 9.97 Å². The van der Waals surface area contributed by atoms with Crippen molar-refractivity contribution >= 4 is 5.82 Å². The zero-order valence-electron chi connectivity index (χ0n) is 10.4. The largest absolute Gasteiger partial charge is 0.401 e. The third kappa shape index (κ3) is 6.01. The van der Waals surface area contributed by atoms with Gasteiger partial charge >= 0.3 is 6.18 Å². The summed E-state index contributed by atoms with van der Waals surface area (Å²) in [5.74, 6) is 0.350. The van der Waals surface area contributed by atoms with Crippen molar-refractivity contribution in [1.82, 2.24) is 14.9 Å². The van der Waals surface area contributed by atoms with E-state index in [2.05, 4.69) is 15.3 Å². The fourth-order valence-corrected chi connectivity index (χ4v) is 1.49. The third-order valence-corrected chi connectivity index (χ3v) is 2.26. The predicted molar refractivity (Wildman–Crippen MR) is 63.4 cm³/mol. The molecule has 0 fully saturated rings. The quantitative estimate of drug-likeness (QED) is 0.798. The normalized spacial score (nSPS) is 11.4. The highest BCUT2D eigenvalue weighted by molar-refractivity contribution is 5.46. The number of nitrogens with one attached hydrogen (secondary N) is 1. The minimum absolute atomic E-state index is 0.172. The van der Waals surface area contributed by atoms with Gasteiger partial charge in [0, 0.05) is 18.9 Å². The van der Waals surface area contributed by atoms with E-state index in [-0.39, 0.29) is 5.69 Å². The lowest BCUT2D eigenvalue weighted by Crippen LogP contribution is -2.32. The Balaban J connectivity index is 2.30. The highest BCUT2D eigenvalue weighted by Crippen LogP contribution is 2.15. The van der Waals surface area contributed by atoms with Crippen LogP contribution in [0, 0.1) is 11.3 Å². The van der Waals surface area contributed by atoms with Crippen LogP contribution in [0.25, 0.3) is 0 Å². The smallest absolute Gasteiger partial charge is 0.368 e. The van der Waals surface area contributed by atoms with Crippen LogP contribution in [-0.2, 0) is 0 Å². The van der Waals surface area contributed by atoms with Gasteiger partial charge in [0.25, 0.3) is 0 Å². The maximum atomic E-state index is 12.1. The van der Waals surface area contributed by atoms with E-state index in [1.807, 2.05) is 6.07 Å². The maximum absolute atomic E-state index is 12.1. The average molecular weight is 273 g/mol. The number of halogens is 3. The molecule has 1 heterocycles. The average Bonchev–Trinajstić information content (AvgIpc) is 2.33. The molecule has 1 aromatic heterocycles. The van der Waals surface area contributed by atoms with E-state index in [0.29, 0.717) is 25.3 Å². The standard InChI is InChI=1S/C11H14F3N5/c1-19(8-11(12,13)14)6-2-3-17-10-9(7-15)16-4-5-18-10/h4-5H,2-3,6,8H2,1H3,(H,17,18). The molecule has 0 radical (unpaired) electrons. The lowest BCUT2D eigenvalue weighted by molar-refractivity contribution is -0.142. The Hall–Kier alpha value is -1.88. The van der Waals surface area contributed by atoms with Crippen LogP contribution < -0.4 is 5.32 Å². The van der Waals surface area contributed by atoms with Crippen LogP contribution in [0.3, 0.4) is 0 Å². The summed E-state index contributed by atoms with van der Waals surface area (Å²) in [5, 5.41) is 11.6. The Morgan fingerprint density at radius 2 is 2.05 bits per heavy atom. The molecule has 0 aromatic carbocycles. The van der Waals surface area contributed by atoms with E-state index in [4.69, 9.17) is 5.26 Å². The van der Waals surface area contributed by atoms with Crippen molar-refractivity contribution in [3.8, 4) is 6.07 Å². The summed E-state index contributed by atoms with van der Waals surface area (Å²) >= 11 is 0. The number of hydrogen-bond donors (Lipinski definition) is 1. The van der Waals surface area contributed by atoms with Gasteiger partial charge in [0.05, 0.1) is 6.54 Å². The van der Waals surface area contributed by atoms with Crippen LogP contribution in [0.1, 0.15) is 12.1 Å². The number of nitrogens with zero attached hydrogens (tertiary/aromatic N) is 4. The molecule has 104 valence electrons. The molecule has 0 amide bonds. The van der Waals surface area contributed by atoms with E-state index in [0.717, 1.165) is 0 Å². The van der Waals surface area contributed by atoms with Crippen molar-refractivity contribution in [3.63, 3.8) is 0 Å². The molecule has 8 heteroatoms. The van der Waals surface area contributed by atoms with E-state index in [9.17, 15) is 13.2 Å². The van der Waals surface area contributed by atoms with Crippen LogP contribution in [0.5, 0.6) is 0 Å². The number of aromatic nitrogens is 2. The summed E-state index contributed by atoms with van der Waals surface area (Å²) in [6.45, 7) is -0.203. The summed E-state index contributed by atoms with van der Waals surface area (Å²) in [6, 6.07) is 1.88. The van der Waals surface area contributed by atoms with E-state index < -0.39 is 12.7 Å². The molecule has 0 saturated heterocycles. The molecule has 0 saturated carbocycles. The van der Waals surface area contributed by atoms with Gasteiger partial charge < -0.3 is 5.32 Å². The monoisotopic (exact) mass is 273 g/mol. The Labute approximate surface area is 109 Å². The number of anilines is 1. The number of nitriles is 1. The molecule has 0 spiro atoms. The van der Waals surface area contributed by atoms with Crippen LogP contribution in [0.15, 0.2) is 12.4 Å². The van der Waals surface area contributed by atoms with Gasteiger partial charge in [0.2, 0.25) is 0 Å². The molecule has 0 aliphatic rings. The fourth-order valence-electron chi connectivity index (χ4n) is 1.49. The van der Waals surface area contributed by atoms with E-state index >= 15 is 0 Å². The molecule has 1 aromatic rings. The molecule has 0 atom stereocenters. The Kier molecular flexibility index (Phi) is 5.51. The second-order valence-electron chi connectivity index (χ2n) is 4.00. The second-order valence-corrected chi connectivity index (χ2v) is 4.00. The predicted octanol–water partition coefficient (Wildman–Crippen LogP) is 1.64. The summed E-state index contributed by atoms with van der Waals surface area (Å²) in [6.07, 6.45) is -0.825. The first-order valence-electron chi connectivity index (χ1n) is 5.62. The second kappa shape index (κ2) is 6.89. The molecular weight excluding hydrogens is 259 g/mol. The Morgan fingerprint density at radius 1 is 1.37 bits per heavy atom. The molecule has 0 bridgehead atoms.